The van der Waals surface area contributed by atoms with Gasteiger partial charge in [0, 0.05) is 6.07 Å². The average molecular weight is 246 g/mol. The Kier molecular flexibility index (Phi) is 6.07. The summed E-state index contributed by atoms with van der Waals surface area (Å²) in [6.07, 6.45) is 4.74. The molecule has 0 amide bonds. The molecule has 0 aromatic heterocycles. The fourth-order valence-electron chi connectivity index (χ4n) is 1.83. The zero-order chi connectivity index (χ0) is 13.4. The number of anilines is 1. The van der Waals surface area contributed by atoms with E-state index in [2.05, 4.69) is 19.9 Å². The molecule has 0 aliphatic rings. The van der Waals surface area contributed by atoms with Crippen LogP contribution < -0.4 is 10.5 Å². The van der Waals surface area contributed by atoms with Crippen molar-refractivity contribution in [1.82, 2.24) is 0 Å². The van der Waals surface area contributed by atoms with Crippen molar-refractivity contribution in [3.63, 3.8) is 0 Å². The molecule has 3 nitrogen and oxygen atoms in total. The smallest absolute Gasteiger partial charge is 0.143 e. The third-order valence-corrected chi connectivity index (χ3v) is 3.16. The van der Waals surface area contributed by atoms with Crippen molar-refractivity contribution in [2.45, 2.75) is 39.5 Å². The van der Waals surface area contributed by atoms with E-state index in [0.29, 0.717) is 29.5 Å². The fourth-order valence-corrected chi connectivity index (χ4v) is 1.83. The number of nitrogen functional groups attached to an aromatic ring is 1. The predicted molar refractivity (Wildman–Crippen MR) is 74.4 cm³/mol. The summed E-state index contributed by atoms with van der Waals surface area (Å²) in [5.41, 5.74) is 7.02. The summed E-state index contributed by atoms with van der Waals surface area (Å²) in [6.45, 7) is 5.05. The van der Waals surface area contributed by atoms with Gasteiger partial charge in [0.1, 0.15) is 5.75 Å². The molecule has 18 heavy (non-hydrogen) atoms. The van der Waals surface area contributed by atoms with Crippen LogP contribution in [0.15, 0.2) is 18.2 Å². The highest BCUT2D eigenvalue weighted by molar-refractivity contribution is 5.55. The van der Waals surface area contributed by atoms with Crippen LogP contribution in [0.4, 0.5) is 5.69 Å². The van der Waals surface area contributed by atoms with Gasteiger partial charge in [-0.1, -0.05) is 33.1 Å². The normalized spacial score (nSPS) is 11.8. The quantitative estimate of drug-likeness (QED) is 0.746. The third-order valence-electron chi connectivity index (χ3n) is 3.16. The summed E-state index contributed by atoms with van der Waals surface area (Å²) in [5.74, 6) is 1.19. The predicted octanol–water partition coefficient (Wildman–Crippen LogP) is 3.74. The highest BCUT2D eigenvalue weighted by Crippen LogP contribution is 2.24. The van der Waals surface area contributed by atoms with Gasteiger partial charge in [-0.05, 0) is 24.5 Å². The molecule has 1 aromatic carbocycles. The first-order valence-corrected chi connectivity index (χ1v) is 6.63. The zero-order valence-electron chi connectivity index (χ0n) is 11.3. The monoisotopic (exact) mass is 246 g/mol. The van der Waals surface area contributed by atoms with Gasteiger partial charge in [-0.25, -0.2) is 0 Å². The molecular formula is C15H22N2O. The number of nitriles is 1. The Labute approximate surface area is 110 Å². The molecule has 3 heteroatoms. The van der Waals surface area contributed by atoms with Gasteiger partial charge in [0.2, 0.25) is 0 Å². The zero-order valence-corrected chi connectivity index (χ0v) is 11.3. The number of hydrogen-bond donors (Lipinski definition) is 1. The molecular weight excluding hydrogens is 224 g/mol. The van der Waals surface area contributed by atoms with E-state index in [1.54, 1.807) is 18.2 Å². The van der Waals surface area contributed by atoms with Crippen LogP contribution in [0, 0.1) is 17.2 Å². The lowest BCUT2D eigenvalue weighted by Crippen LogP contribution is -2.12. The molecule has 0 radical (unpaired) electrons. The number of rotatable bonds is 7. The number of ether oxygens (including phenoxy) is 1. The molecule has 98 valence electrons. The van der Waals surface area contributed by atoms with E-state index < -0.39 is 0 Å². The van der Waals surface area contributed by atoms with Gasteiger partial charge in [0.15, 0.2) is 0 Å². The second-order valence-corrected chi connectivity index (χ2v) is 4.59. The Bertz CT molecular complexity index is 409. The van der Waals surface area contributed by atoms with E-state index in [0.717, 1.165) is 6.42 Å². The maximum absolute atomic E-state index is 8.85. The van der Waals surface area contributed by atoms with Crippen molar-refractivity contribution in [2.24, 2.45) is 5.92 Å². The molecule has 0 saturated heterocycles. The van der Waals surface area contributed by atoms with Crippen LogP contribution in [0.25, 0.3) is 0 Å². The summed E-state index contributed by atoms with van der Waals surface area (Å²) >= 11 is 0. The number of unbranched alkanes of at least 4 members (excludes halogenated alkanes) is 1. The minimum absolute atomic E-state index is 0.565. The number of nitrogens with zero attached hydrogens (tertiary/aromatic N) is 1. The van der Waals surface area contributed by atoms with Crippen LogP contribution in [-0.4, -0.2) is 6.61 Å². The van der Waals surface area contributed by atoms with Crippen molar-refractivity contribution in [1.29, 1.82) is 5.26 Å². The van der Waals surface area contributed by atoms with Crippen molar-refractivity contribution in [3.8, 4) is 11.8 Å². The van der Waals surface area contributed by atoms with Crippen molar-refractivity contribution in [2.75, 3.05) is 12.3 Å². The Balaban J connectivity index is 2.59. The minimum atomic E-state index is 0.565. The largest absolute Gasteiger partial charge is 0.491 e. The van der Waals surface area contributed by atoms with Gasteiger partial charge in [0.05, 0.1) is 23.9 Å². The maximum atomic E-state index is 8.85. The summed E-state index contributed by atoms with van der Waals surface area (Å²) in [4.78, 5) is 0. The molecule has 0 spiro atoms. The lowest BCUT2D eigenvalue weighted by atomic mass is 10.0. The van der Waals surface area contributed by atoms with E-state index in [1.165, 1.54) is 19.3 Å². The van der Waals surface area contributed by atoms with E-state index in [-0.39, 0.29) is 0 Å². The van der Waals surface area contributed by atoms with Crippen LogP contribution in [0.2, 0.25) is 0 Å². The summed E-state index contributed by atoms with van der Waals surface area (Å²) in [7, 11) is 0. The molecule has 0 aliphatic heterocycles. The Morgan fingerprint density at radius 3 is 2.78 bits per heavy atom. The molecule has 0 saturated carbocycles. The molecule has 0 aliphatic carbocycles. The fraction of sp³-hybridized carbons (Fsp3) is 0.533. The molecule has 0 fully saturated rings. The topological polar surface area (TPSA) is 59.0 Å². The molecule has 2 N–H and O–H groups in total. The van der Waals surface area contributed by atoms with Crippen LogP contribution in [-0.2, 0) is 0 Å². The van der Waals surface area contributed by atoms with Crippen molar-refractivity contribution < 1.29 is 4.74 Å². The van der Waals surface area contributed by atoms with Crippen LogP contribution in [0.3, 0.4) is 0 Å². The molecule has 1 rings (SSSR count). The summed E-state index contributed by atoms with van der Waals surface area (Å²) in [5, 5.41) is 8.85. The second-order valence-electron chi connectivity index (χ2n) is 4.59. The number of hydrogen-bond acceptors (Lipinski definition) is 3. The minimum Gasteiger partial charge on any atom is -0.491 e. The summed E-state index contributed by atoms with van der Waals surface area (Å²) in [6, 6.07) is 7.23. The van der Waals surface area contributed by atoms with E-state index in [9.17, 15) is 0 Å². The maximum Gasteiger partial charge on any atom is 0.143 e. The van der Waals surface area contributed by atoms with Crippen LogP contribution in [0.5, 0.6) is 5.75 Å². The molecule has 0 bridgehead atoms. The van der Waals surface area contributed by atoms with Gasteiger partial charge in [0.25, 0.3) is 0 Å². The van der Waals surface area contributed by atoms with Crippen molar-refractivity contribution >= 4 is 5.69 Å². The molecule has 1 unspecified atom stereocenters. The molecule has 0 heterocycles. The van der Waals surface area contributed by atoms with Gasteiger partial charge >= 0.3 is 0 Å². The Morgan fingerprint density at radius 1 is 1.39 bits per heavy atom. The highest BCUT2D eigenvalue weighted by atomic mass is 16.5. The third kappa shape index (κ3) is 4.29. The average Bonchev–Trinajstić information content (AvgIpc) is 2.40. The molecule has 1 atom stereocenters. The SMILES string of the molecule is CCCCC(CC)COc1cc(C#N)ccc1N. The standard InChI is InChI=1S/C15H22N2O/c1-3-5-6-12(4-2)11-18-15-9-13(10-16)7-8-14(15)17/h7-9,12H,3-6,11,17H2,1-2H3. The molecule has 1 aromatic rings. The Hall–Kier alpha value is -1.69. The van der Waals surface area contributed by atoms with Gasteiger partial charge in [-0.3, -0.25) is 0 Å². The first-order chi connectivity index (χ1) is 8.71. The van der Waals surface area contributed by atoms with Gasteiger partial charge in [-0.15, -0.1) is 0 Å². The Morgan fingerprint density at radius 2 is 2.17 bits per heavy atom. The van der Waals surface area contributed by atoms with Crippen LogP contribution >= 0.6 is 0 Å². The van der Waals surface area contributed by atoms with Gasteiger partial charge < -0.3 is 10.5 Å². The highest BCUT2D eigenvalue weighted by Gasteiger charge is 2.09. The van der Waals surface area contributed by atoms with E-state index in [1.807, 2.05) is 0 Å². The van der Waals surface area contributed by atoms with E-state index in [4.69, 9.17) is 15.7 Å². The first-order valence-electron chi connectivity index (χ1n) is 6.63. The second kappa shape index (κ2) is 7.60. The number of nitrogens with two attached hydrogens (primary N) is 1. The first kappa shape index (κ1) is 14.4. The lowest BCUT2D eigenvalue weighted by molar-refractivity contribution is 0.234. The van der Waals surface area contributed by atoms with E-state index >= 15 is 0 Å². The van der Waals surface area contributed by atoms with Gasteiger partial charge in [-0.2, -0.15) is 5.26 Å². The van der Waals surface area contributed by atoms with Crippen LogP contribution in [0.1, 0.15) is 45.1 Å². The number of benzene rings is 1. The summed E-state index contributed by atoms with van der Waals surface area (Å²) < 4.78 is 5.75. The van der Waals surface area contributed by atoms with Crippen molar-refractivity contribution in [3.05, 3.63) is 23.8 Å². The lowest BCUT2D eigenvalue weighted by Gasteiger charge is -2.16.